The summed E-state index contributed by atoms with van der Waals surface area (Å²) in [5, 5.41) is 2.31. The van der Waals surface area contributed by atoms with Crippen LogP contribution in [0.2, 0.25) is 5.02 Å². The standard InChI is InChI=1S/C13H9ClF2N2O/c14-12-8(2-1-3-10(12)17)13(19)18-11-6-7(15)4-5-9(11)16/h1-6H,17H2,(H,18,19). The molecule has 0 heterocycles. The summed E-state index contributed by atoms with van der Waals surface area (Å²) in [6, 6.07) is 7.27. The van der Waals surface area contributed by atoms with Crippen LogP contribution in [-0.2, 0) is 0 Å². The van der Waals surface area contributed by atoms with Crippen molar-refractivity contribution < 1.29 is 13.6 Å². The molecular weight excluding hydrogens is 274 g/mol. The summed E-state index contributed by atoms with van der Waals surface area (Å²) in [6.07, 6.45) is 0. The number of amides is 1. The average Bonchev–Trinajstić information content (AvgIpc) is 2.37. The smallest absolute Gasteiger partial charge is 0.257 e. The van der Waals surface area contributed by atoms with E-state index in [9.17, 15) is 13.6 Å². The molecule has 0 aromatic heterocycles. The van der Waals surface area contributed by atoms with E-state index in [-0.39, 0.29) is 22.0 Å². The Balaban J connectivity index is 2.31. The summed E-state index contributed by atoms with van der Waals surface area (Å²) in [5.74, 6) is -2.06. The van der Waals surface area contributed by atoms with Gasteiger partial charge in [-0.05, 0) is 24.3 Å². The van der Waals surface area contributed by atoms with Crippen LogP contribution >= 0.6 is 11.6 Å². The van der Waals surface area contributed by atoms with Gasteiger partial charge in [0.15, 0.2) is 0 Å². The highest BCUT2D eigenvalue weighted by Crippen LogP contribution is 2.24. The number of nitrogen functional groups attached to an aromatic ring is 1. The van der Waals surface area contributed by atoms with Gasteiger partial charge >= 0.3 is 0 Å². The van der Waals surface area contributed by atoms with E-state index in [1.165, 1.54) is 18.2 Å². The summed E-state index contributed by atoms with van der Waals surface area (Å²) in [4.78, 5) is 11.9. The molecule has 0 saturated carbocycles. The van der Waals surface area contributed by atoms with Gasteiger partial charge in [0.05, 0.1) is 22.0 Å². The lowest BCUT2D eigenvalue weighted by Gasteiger charge is -2.09. The van der Waals surface area contributed by atoms with Gasteiger partial charge in [-0.2, -0.15) is 0 Å². The Bertz CT molecular complexity index is 647. The predicted molar refractivity (Wildman–Crippen MR) is 70.2 cm³/mol. The summed E-state index contributed by atoms with van der Waals surface area (Å²) in [5.41, 5.74) is 5.62. The Morgan fingerprint density at radius 3 is 2.68 bits per heavy atom. The average molecular weight is 283 g/mol. The van der Waals surface area contributed by atoms with E-state index < -0.39 is 17.5 Å². The van der Waals surface area contributed by atoms with E-state index in [0.29, 0.717) is 0 Å². The van der Waals surface area contributed by atoms with Crippen molar-refractivity contribution in [3.8, 4) is 0 Å². The number of anilines is 2. The van der Waals surface area contributed by atoms with Crippen LogP contribution in [0.1, 0.15) is 10.4 Å². The second kappa shape index (κ2) is 5.24. The molecule has 0 spiro atoms. The van der Waals surface area contributed by atoms with Gasteiger partial charge in [-0.3, -0.25) is 4.79 Å². The monoisotopic (exact) mass is 282 g/mol. The van der Waals surface area contributed by atoms with Gasteiger partial charge in [0.1, 0.15) is 11.6 Å². The normalized spacial score (nSPS) is 10.3. The third kappa shape index (κ3) is 2.82. The molecule has 0 bridgehead atoms. The molecule has 1 amide bonds. The lowest BCUT2D eigenvalue weighted by atomic mass is 10.2. The molecule has 0 unspecified atom stereocenters. The zero-order chi connectivity index (χ0) is 14.0. The quantitative estimate of drug-likeness (QED) is 0.829. The van der Waals surface area contributed by atoms with E-state index in [2.05, 4.69) is 5.32 Å². The first-order valence-corrected chi connectivity index (χ1v) is 5.67. The van der Waals surface area contributed by atoms with Crippen LogP contribution in [0.25, 0.3) is 0 Å². The fourth-order valence-corrected chi connectivity index (χ4v) is 1.72. The fraction of sp³-hybridized carbons (Fsp3) is 0. The van der Waals surface area contributed by atoms with Crippen molar-refractivity contribution in [2.75, 3.05) is 11.1 Å². The zero-order valence-electron chi connectivity index (χ0n) is 9.58. The van der Waals surface area contributed by atoms with E-state index in [0.717, 1.165) is 18.2 Å². The number of hydrogen-bond donors (Lipinski definition) is 2. The Morgan fingerprint density at radius 2 is 1.95 bits per heavy atom. The minimum atomic E-state index is -0.741. The number of carbonyl (C=O) groups is 1. The number of hydrogen-bond acceptors (Lipinski definition) is 2. The molecule has 3 nitrogen and oxygen atoms in total. The number of carbonyl (C=O) groups excluding carboxylic acids is 1. The van der Waals surface area contributed by atoms with Crippen molar-refractivity contribution in [3.05, 3.63) is 58.6 Å². The highest BCUT2D eigenvalue weighted by atomic mass is 35.5. The zero-order valence-corrected chi connectivity index (χ0v) is 10.3. The van der Waals surface area contributed by atoms with Gasteiger partial charge in [0.25, 0.3) is 5.91 Å². The maximum absolute atomic E-state index is 13.4. The minimum absolute atomic E-state index is 0.0665. The molecule has 0 atom stereocenters. The van der Waals surface area contributed by atoms with Gasteiger partial charge in [0, 0.05) is 6.07 Å². The Kier molecular flexibility index (Phi) is 3.66. The number of nitrogens with one attached hydrogen (secondary N) is 1. The van der Waals surface area contributed by atoms with Gasteiger partial charge in [-0.15, -0.1) is 0 Å². The molecule has 98 valence electrons. The molecule has 6 heteroatoms. The van der Waals surface area contributed by atoms with Crippen LogP contribution in [-0.4, -0.2) is 5.91 Å². The Morgan fingerprint density at radius 1 is 1.21 bits per heavy atom. The first-order chi connectivity index (χ1) is 8.99. The lowest BCUT2D eigenvalue weighted by molar-refractivity contribution is 0.102. The third-order valence-corrected chi connectivity index (χ3v) is 2.87. The maximum Gasteiger partial charge on any atom is 0.257 e. The molecule has 3 N–H and O–H groups in total. The van der Waals surface area contributed by atoms with Crippen LogP contribution in [0.5, 0.6) is 0 Å². The van der Waals surface area contributed by atoms with Crippen LogP contribution in [0.3, 0.4) is 0 Å². The summed E-state index contributed by atoms with van der Waals surface area (Å²) in [7, 11) is 0. The fourth-order valence-electron chi connectivity index (χ4n) is 1.51. The van der Waals surface area contributed by atoms with Crippen LogP contribution in [0.4, 0.5) is 20.2 Å². The van der Waals surface area contributed by atoms with Crippen molar-refractivity contribution in [3.63, 3.8) is 0 Å². The molecule has 19 heavy (non-hydrogen) atoms. The van der Waals surface area contributed by atoms with Gasteiger partial charge in [-0.25, -0.2) is 8.78 Å². The molecule has 0 aliphatic heterocycles. The third-order valence-electron chi connectivity index (χ3n) is 2.45. The molecule has 2 aromatic rings. The summed E-state index contributed by atoms with van der Waals surface area (Å²) in [6.45, 7) is 0. The molecule has 2 aromatic carbocycles. The lowest BCUT2D eigenvalue weighted by Crippen LogP contribution is -2.14. The SMILES string of the molecule is Nc1cccc(C(=O)Nc2cc(F)ccc2F)c1Cl. The Labute approximate surface area is 113 Å². The van der Waals surface area contributed by atoms with Gasteiger partial charge < -0.3 is 11.1 Å². The second-order valence-electron chi connectivity index (χ2n) is 3.79. The number of benzene rings is 2. The van der Waals surface area contributed by atoms with Crippen molar-refractivity contribution in [1.82, 2.24) is 0 Å². The first kappa shape index (κ1) is 13.3. The maximum atomic E-state index is 13.4. The molecule has 0 aliphatic carbocycles. The van der Waals surface area contributed by atoms with Gasteiger partial charge in [0.2, 0.25) is 0 Å². The number of nitrogens with two attached hydrogens (primary N) is 1. The molecule has 0 saturated heterocycles. The van der Waals surface area contributed by atoms with E-state index in [1.807, 2.05) is 0 Å². The van der Waals surface area contributed by atoms with E-state index >= 15 is 0 Å². The molecule has 0 radical (unpaired) electrons. The molecule has 0 aliphatic rings. The van der Waals surface area contributed by atoms with Crippen molar-refractivity contribution in [2.24, 2.45) is 0 Å². The minimum Gasteiger partial charge on any atom is -0.398 e. The van der Waals surface area contributed by atoms with E-state index in [4.69, 9.17) is 17.3 Å². The van der Waals surface area contributed by atoms with Crippen LogP contribution in [0.15, 0.2) is 36.4 Å². The van der Waals surface area contributed by atoms with Crippen molar-refractivity contribution in [2.45, 2.75) is 0 Å². The number of rotatable bonds is 2. The molecular formula is C13H9ClF2N2O. The largest absolute Gasteiger partial charge is 0.398 e. The molecule has 0 fully saturated rings. The Hall–Kier alpha value is -2.14. The number of halogens is 3. The van der Waals surface area contributed by atoms with E-state index in [1.54, 1.807) is 0 Å². The van der Waals surface area contributed by atoms with Crippen molar-refractivity contribution >= 4 is 28.9 Å². The highest BCUT2D eigenvalue weighted by Gasteiger charge is 2.14. The topological polar surface area (TPSA) is 55.1 Å². The van der Waals surface area contributed by atoms with Crippen LogP contribution in [0, 0.1) is 11.6 Å². The van der Waals surface area contributed by atoms with Gasteiger partial charge in [-0.1, -0.05) is 17.7 Å². The summed E-state index contributed by atoms with van der Waals surface area (Å²) >= 11 is 5.87. The van der Waals surface area contributed by atoms with Crippen LogP contribution < -0.4 is 11.1 Å². The first-order valence-electron chi connectivity index (χ1n) is 5.29. The molecule has 2 rings (SSSR count). The summed E-state index contributed by atoms with van der Waals surface area (Å²) < 4.78 is 26.4. The second-order valence-corrected chi connectivity index (χ2v) is 4.17. The van der Waals surface area contributed by atoms with Crippen molar-refractivity contribution in [1.29, 1.82) is 0 Å². The highest BCUT2D eigenvalue weighted by molar-refractivity contribution is 6.36. The predicted octanol–water partition coefficient (Wildman–Crippen LogP) is 3.45.